The average molecular weight is 446 g/mol. The molecule has 9 heteroatoms. The molecule has 0 saturated heterocycles. The van der Waals surface area contributed by atoms with Gasteiger partial charge in [0.2, 0.25) is 5.91 Å². The van der Waals surface area contributed by atoms with Gasteiger partial charge in [-0.15, -0.1) is 0 Å². The van der Waals surface area contributed by atoms with Crippen LogP contribution in [0.3, 0.4) is 0 Å². The third-order valence-corrected chi connectivity index (χ3v) is 4.79. The van der Waals surface area contributed by atoms with Gasteiger partial charge in [-0.1, -0.05) is 13.8 Å². The van der Waals surface area contributed by atoms with E-state index in [2.05, 4.69) is 10.6 Å². The minimum atomic E-state index is -0.190. The highest BCUT2D eigenvalue weighted by Gasteiger charge is 2.12. The maximum Gasteiger partial charge on any atom is 0.220 e. The maximum atomic E-state index is 11.7. The first kappa shape index (κ1) is 29.6. The molecular formula is C22H43N3O6. The SMILES string of the molecule is CCC(NCCCOCCOCCOCCCNC(=O)CCC(=O)C(C)CN)C(C)=O. The highest BCUT2D eigenvalue weighted by atomic mass is 16.5. The fourth-order valence-electron chi connectivity index (χ4n) is 2.67. The molecule has 2 atom stereocenters. The van der Waals surface area contributed by atoms with E-state index in [1.807, 2.05) is 6.92 Å². The number of rotatable bonds is 22. The smallest absolute Gasteiger partial charge is 0.220 e. The molecule has 0 fully saturated rings. The summed E-state index contributed by atoms with van der Waals surface area (Å²) in [6.45, 7) is 10.2. The number of hydrogen-bond donors (Lipinski definition) is 3. The van der Waals surface area contributed by atoms with Crippen LogP contribution >= 0.6 is 0 Å². The predicted octanol–water partition coefficient (Wildman–Crippen LogP) is 0.834. The van der Waals surface area contributed by atoms with E-state index in [0.29, 0.717) is 59.2 Å². The van der Waals surface area contributed by atoms with Crippen LogP contribution in [0, 0.1) is 5.92 Å². The van der Waals surface area contributed by atoms with Crippen molar-refractivity contribution in [3.8, 4) is 0 Å². The number of carbonyl (C=O) groups excluding carboxylic acids is 3. The summed E-state index contributed by atoms with van der Waals surface area (Å²) >= 11 is 0. The van der Waals surface area contributed by atoms with Crippen molar-refractivity contribution in [3.05, 3.63) is 0 Å². The zero-order valence-electron chi connectivity index (χ0n) is 19.6. The fraction of sp³-hybridized carbons (Fsp3) is 0.864. The van der Waals surface area contributed by atoms with Gasteiger partial charge in [-0.05, 0) is 32.7 Å². The molecule has 0 aliphatic heterocycles. The Bertz CT molecular complexity index is 490. The normalized spacial score (nSPS) is 13.0. The molecule has 0 spiro atoms. The van der Waals surface area contributed by atoms with Gasteiger partial charge in [-0.25, -0.2) is 0 Å². The highest BCUT2D eigenvalue weighted by Crippen LogP contribution is 2.01. The quantitative estimate of drug-likeness (QED) is 0.209. The Kier molecular flexibility index (Phi) is 19.6. The molecule has 4 N–H and O–H groups in total. The first-order valence-corrected chi connectivity index (χ1v) is 11.4. The maximum absolute atomic E-state index is 11.7. The zero-order chi connectivity index (χ0) is 23.3. The molecule has 0 aliphatic rings. The summed E-state index contributed by atoms with van der Waals surface area (Å²) in [6, 6.07) is -0.0549. The molecule has 9 nitrogen and oxygen atoms in total. The average Bonchev–Trinajstić information content (AvgIpc) is 2.76. The van der Waals surface area contributed by atoms with E-state index in [9.17, 15) is 14.4 Å². The fourth-order valence-corrected chi connectivity index (χ4v) is 2.67. The number of Topliss-reactive ketones (excluding diaryl/α,β-unsaturated/α-hetero) is 2. The van der Waals surface area contributed by atoms with Crippen molar-refractivity contribution in [2.45, 2.75) is 58.9 Å². The molecule has 0 radical (unpaired) electrons. The van der Waals surface area contributed by atoms with E-state index >= 15 is 0 Å². The lowest BCUT2D eigenvalue weighted by atomic mass is 10.0. The molecule has 0 aromatic rings. The topological polar surface area (TPSA) is 129 Å². The lowest BCUT2D eigenvalue weighted by Gasteiger charge is -2.13. The van der Waals surface area contributed by atoms with E-state index in [1.54, 1.807) is 13.8 Å². The van der Waals surface area contributed by atoms with Crippen molar-refractivity contribution in [2.24, 2.45) is 11.7 Å². The van der Waals surface area contributed by atoms with Gasteiger partial charge < -0.3 is 30.6 Å². The van der Waals surface area contributed by atoms with E-state index in [4.69, 9.17) is 19.9 Å². The molecule has 0 aromatic carbocycles. The molecule has 0 heterocycles. The molecule has 0 aliphatic carbocycles. The Morgan fingerprint density at radius 3 is 1.94 bits per heavy atom. The van der Waals surface area contributed by atoms with Crippen LogP contribution in [0.2, 0.25) is 0 Å². The van der Waals surface area contributed by atoms with Crippen LogP contribution in [0.4, 0.5) is 0 Å². The summed E-state index contributed by atoms with van der Waals surface area (Å²) in [4.78, 5) is 34.6. The second-order valence-corrected chi connectivity index (χ2v) is 7.52. The van der Waals surface area contributed by atoms with E-state index in [1.165, 1.54) is 0 Å². The largest absolute Gasteiger partial charge is 0.379 e. The summed E-state index contributed by atoms with van der Waals surface area (Å²) in [7, 11) is 0. The third-order valence-electron chi connectivity index (χ3n) is 4.79. The second kappa shape index (κ2) is 20.5. The number of ketones is 2. The zero-order valence-corrected chi connectivity index (χ0v) is 19.6. The third kappa shape index (κ3) is 17.9. The molecule has 2 unspecified atom stereocenters. The van der Waals surface area contributed by atoms with Gasteiger partial charge >= 0.3 is 0 Å². The van der Waals surface area contributed by atoms with Crippen LogP contribution in [0.15, 0.2) is 0 Å². The van der Waals surface area contributed by atoms with Crippen LogP contribution in [0.5, 0.6) is 0 Å². The molecule has 0 rings (SSSR count). The van der Waals surface area contributed by atoms with Crippen molar-refractivity contribution in [2.75, 3.05) is 59.3 Å². The van der Waals surface area contributed by atoms with Crippen molar-refractivity contribution in [3.63, 3.8) is 0 Å². The van der Waals surface area contributed by atoms with Crippen LogP contribution in [-0.4, -0.2) is 82.8 Å². The molecule has 31 heavy (non-hydrogen) atoms. The van der Waals surface area contributed by atoms with Crippen LogP contribution < -0.4 is 16.4 Å². The Morgan fingerprint density at radius 1 is 0.871 bits per heavy atom. The van der Waals surface area contributed by atoms with Gasteiger partial charge in [0.05, 0.1) is 32.5 Å². The number of hydrogen-bond acceptors (Lipinski definition) is 8. The Labute approximate surface area is 187 Å². The molecule has 0 bridgehead atoms. The minimum Gasteiger partial charge on any atom is -0.379 e. The summed E-state index contributed by atoms with van der Waals surface area (Å²) in [5.41, 5.74) is 5.43. The standard InChI is InChI=1S/C22H43N3O6/c1-4-20(19(3)26)24-9-5-11-29-13-15-31-16-14-30-12-6-10-25-22(28)8-7-21(27)18(2)17-23/h18,20,24H,4-17,23H2,1-3H3,(H,25,28). The first-order chi connectivity index (χ1) is 14.9. The van der Waals surface area contributed by atoms with Gasteiger partial charge in [0.1, 0.15) is 11.6 Å². The monoisotopic (exact) mass is 445 g/mol. The van der Waals surface area contributed by atoms with Crippen molar-refractivity contribution >= 4 is 17.5 Å². The van der Waals surface area contributed by atoms with Gasteiger partial charge in [-0.2, -0.15) is 0 Å². The molecule has 182 valence electrons. The van der Waals surface area contributed by atoms with E-state index in [-0.39, 0.29) is 42.3 Å². The first-order valence-electron chi connectivity index (χ1n) is 11.4. The van der Waals surface area contributed by atoms with Gasteiger partial charge in [0.25, 0.3) is 0 Å². The van der Waals surface area contributed by atoms with Gasteiger partial charge in [0, 0.05) is 45.1 Å². The Hall–Kier alpha value is -1.39. The second-order valence-electron chi connectivity index (χ2n) is 7.52. The number of nitrogens with two attached hydrogens (primary N) is 1. The predicted molar refractivity (Wildman–Crippen MR) is 120 cm³/mol. The Morgan fingerprint density at radius 2 is 1.42 bits per heavy atom. The summed E-state index contributed by atoms with van der Waals surface area (Å²) in [5.74, 6) is -0.117. The molecule has 1 amide bonds. The van der Waals surface area contributed by atoms with E-state index < -0.39 is 0 Å². The Balaban J connectivity index is 3.32. The van der Waals surface area contributed by atoms with Crippen LogP contribution in [0.25, 0.3) is 0 Å². The summed E-state index contributed by atoms with van der Waals surface area (Å²) in [6.07, 6.45) is 2.80. The number of carbonyl (C=O) groups is 3. The highest BCUT2D eigenvalue weighted by molar-refractivity contribution is 5.86. The number of ether oxygens (including phenoxy) is 3. The molecule has 0 saturated carbocycles. The lowest BCUT2D eigenvalue weighted by Crippen LogP contribution is -2.35. The van der Waals surface area contributed by atoms with E-state index in [0.717, 1.165) is 19.4 Å². The number of amides is 1. The van der Waals surface area contributed by atoms with Crippen molar-refractivity contribution < 1.29 is 28.6 Å². The summed E-state index contributed by atoms with van der Waals surface area (Å²) in [5, 5.41) is 5.99. The summed E-state index contributed by atoms with van der Waals surface area (Å²) < 4.78 is 16.4. The van der Waals surface area contributed by atoms with Gasteiger partial charge in [-0.3, -0.25) is 14.4 Å². The van der Waals surface area contributed by atoms with Crippen molar-refractivity contribution in [1.29, 1.82) is 0 Å². The lowest BCUT2D eigenvalue weighted by molar-refractivity contribution is -0.127. The molecular weight excluding hydrogens is 402 g/mol. The van der Waals surface area contributed by atoms with Crippen LogP contribution in [0.1, 0.15) is 52.9 Å². The number of nitrogens with one attached hydrogen (secondary N) is 2. The molecule has 0 aromatic heterocycles. The van der Waals surface area contributed by atoms with Crippen LogP contribution in [-0.2, 0) is 28.6 Å². The van der Waals surface area contributed by atoms with Gasteiger partial charge in [0.15, 0.2) is 0 Å². The van der Waals surface area contributed by atoms with Crippen molar-refractivity contribution in [1.82, 2.24) is 10.6 Å². The minimum absolute atomic E-state index is 0.0261.